The Kier molecular flexibility index (Phi) is 3.65. The molecule has 1 atom stereocenters. The summed E-state index contributed by atoms with van der Waals surface area (Å²) in [6, 6.07) is 4.15. The molecule has 0 saturated heterocycles. The van der Waals surface area contributed by atoms with Crippen molar-refractivity contribution >= 4 is 5.91 Å². The highest BCUT2D eigenvalue weighted by molar-refractivity contribution is 5.97. The van der Waals surface area contributed by atoms with Gasteiger partial charge in [-0.3, -0.25) is 9.89 Å². The van der Waals surface area contributed by atoms with Gasteiger partial charge in [0.1, 0.15) is 23.7 Å². The van der Waals surface area contributed by atoms with Gasteiger partial charge in [-0.25, -0.2) is 4.98 Å². The number of carbonyl (C=O) groups is 1. The van der Waals surface area contributed by atoms with Gasteiger partial charge in [0, 0.05) is 6.07 Å². The predicted octanol–water partition coefficient (Wildman–Crippen LogP) is 1.01. The highest BCUT2D eigenvalue weighted by Gasteiger charge is 2.16. The lowest BCUT2D eigenvalue weighted by atomic mass is 10.1. The zero-order chi connectivity index (χ0) is 13.8. The number of nitrogens with zero attached hydrogens (tertiary/aromatic N) is 2. The van der Waals surface area contributed by atoms with Crippen LogP contribution in [0.15, 0.2) is 24.5 Å². The SMILES string of the molecule is COc1ccc(C(=O)NC(C)c2ncn[nH]2)c(O)c1. The number of amides is 1. The number of aromatic amines is 1. The van der Waals surface area contributed by atoms with Crippen LogP contribution in [0.5, 0.6) is 11.5 Å². The van der Waals surface area contributed by atoms with Crippen molar-refractivity contribution in [1.29, 1.82) is 0 Å². The molecular formula is C12H14N4O3. The molecule has 100 valence electrons. The lowest BCUT2D eigenvalue weighted by Gasteiger charge is -2.12. The number of benzene rings is 1. The summed E-state index contributed by atoms with van der Waals surface area (Å²) in [7, 11) is 1.49. The van der Waals surface area contributed by atoms with Gasteiger partial charge in [0.2, 0.25) is 0 Å². The molecule has 0 aliphatic carbocycles. The van der Waals surface area contributed by atoms with E-state index in [1.54, 1.807) is 13.0 Å². The number of H-pyrrole nitrogens is 1. The number of hydrogen-bond donors (Lipinski definition) is 3. The van der Waals surface area contributed by atoms with Crippen molar-refractivity contribution in [3.05, 3.63) is 35.9 Å². The molecule has 19 heavy (non-hydrogen) atoms. The second-order valence-electron chi connectivity index (χ2n) is 3.95. The number of methoxy groups -OCH3 is 1. The standard InChI is InChI=1S/C12H14N4O3/c1-7(11-13-6-14-16-11)15-12(18)9-4-3-8(19-2)5-10(9)17/h3-7,17H,1-2H3,(H,15,18)(H,13,14,16). The van der Waals surface area contributed by atoms with E-state index in [0.29, 0.717) is 11.6 Å². The van der Waals surface area contributed by atoms with Crippen LogP contribution in [0.3, 0.4) is 0 Å². The average Bonchev–Trinajstić information content (AvgIpc) is 2.92. The maximum absolute atomic E-state index is 12.0. The van der Waals surface area contributed by atoms with Crippen molar-refractivity contribution in [2.24, 2.45) is 0 Å². The van der Waals surface area contributed by atoms with Crippen LogP contribution < -0.4 is 10.1 Å². The molecule has 0 fully saturated rings. The van der Waals surface area contributed by atoms with E-state index in [9.17, 15) is 9.90 Å². The maximum Gasteiger partial charge on any atom is 0.255 e. The molecule has 2 aromatic rings. The Bertz CT molecular complexity index is 568. The minimum absolute atomic E-state index is 0.137. The molecule has 3 N–H and O–H groups in total. The van der Waals surface area contributed by atoms with Gasteiger partial charge >= 0.3 is 0 Å². The van der Waals surface area contributed by atoms with Crippen LogP contribution in [0.4, 0.5) is 0 Å². The van der Waals surface area contributed by atoms with Crippen LogP contribution in [0, 0.1) is 0 Å². The van der Waals surface area contributed by atoms with Crippen molar-refractivity contribution in [2.45, 2.75) is 13.0 Å². The molecule has 1 aromatic heterocycles. The molecule has 7 heteroatoms. The molecule has 1 unspecified atom stereocenters. The lowest BCUT2D eigenvalue weighted by Crippen LogP contribution is -2.27. The van der Waals surface area contributed by atoms with Gasteiger partial charge < -0.3 is 15.2 Å². The number of hydrogen-bond acceptors (Lipinski definition) is 5. The van der Waals surface area contributed by atoms with Crippen molar-refractivity contribution < 1.29 is 14.6 Å². The van der Waals surface area contributed by atoms with Gasteiger partial charge in [-0.2, -0.15) is 5.10 Å². The first kappa shape index (κ1) is 12.9. The molecule has 1 aromatic carbocycles. The van der Waals surface area contributed by atoms with E-state index < -0.39 is 5.91 Å². The minimum atomic E-state index is -0.399. The maximum atomic E-state index is 12.0. The molecule has 1 amide bonds. The van der Waals surface area contributed by atoms with E-state index in [1.165, 1.54) is 25.6 Å². The van der Waals surface area contributed by atoms with E-state index in [2.05, 4.69) is 20.5 Å². The fourth-order valence-corrected chi connectivity index (χ4v) is 1.60. The van der Waals surface area contributed by atoms with E-state index in [-0.39, 0.29) is 17.4 Å². The summed E-state index contributed by atoms with van der Waals surface area (Å²) in [5.41, 5.74) is 0.173. The molecule has 0 saturated carbocycles. The predicted molar refractivity (Wildman–Crippen MR) is 66.9 cm³/mol. The Labute approximate surface area is 109 Å². The first-order valence-corrected chi connectivity index (χ1v) is 5.65. The van der Waals surface area contributed by atoms with Gasteiger partial charge in [-0.05, 0) is 19.1 Å². The van der Waals surface area contributed by atoms with E-state index in [1.807, 2.05) is 0 Å². The Morgan fingerprint density at radius 1 is 1.53 bits per heavy atom. The van der Waals surface area contributed by atoms with Gasteiger partial charge in [0.05, 0.1) is 18.7 Å². The molecule has 0 aliphatic rings. The first-order valence-electron chi connectivity index (χ1n) is 5.65. The fourth-order valence-electron chi connectivity index (χ4n) is 1.60. The van der Waals surface area contributed by atoms with Crippen LogP contribution in [0.25, 0.3) is 0 Å². The summed E-state index contributed by atoms with van der Waals surface area (Å²) in [5.74, 6) is 0.490. The molecule has 2 rings (SSSR count). The number of phenolic OH excluding ortho intramolecular Hbond substituents is 1. The zero-order valence-electron chi connectivity index (χ0n) is 10.5. The number of ether oxygens (including phenoxy) is 1. The fraction of sp³-hybridized carbons (Fsp3) is 0.250. The molecule has 1 heterocycles. The van der Waals surface area contributed by atoms with Gasteiger partial charge in [-0.1, -0.05) is 0 Å². The van der Waals surface area contributed by atoms with Crippen molar-refractivity contribution in [3.8, 4) is 11.5 Å². The third-order valence-corrected chi connectivity index (χ3v) is 2.64. The number of aromatic nitrogens is 3. The van der Waals surface area contributed by atoms with Gasteiger partial charge in [-0.15, -0.1) is 0 Å². The van der Waals surface area contributed by atoms with Gasteiger partial charge in [0.25, 0.3) is 5.91 Å². The van der Waals surface area contributed by atoms with Crippen LogP contribution >= 0.6 is 0 Å². The third-order valence-electron chi connectivity index (χ3n) is 2.64. The van der Waals surface area contributed by atoms with Crippen LogP contribution in [0.1, 0.15) is 29.1 Å². The Morgan fingerprint density at radius 3 is 2.89 bits per heavy atom. The number of rotatable bonds is 4. The third kappa shape index (κ3) is 2.82. The summed E-state index contributed by atoms with van der Waals surface area (Å²) in [5, 5.41) is 18.8. The summed E-state index contributed by atoms with van der Waals surface area (Å²) >= 11 is 0. The van der Waals surface area contributed by atoms with Crippen LogP contribution in [-0.2, 0) is 0 Å². The zero-order valence-corrected chi connectivity index (χ0v) is 10.5. The largest absolute Gasteiger partial charge is 0.507 e. The lowest BCUT2D eigenvalue weighted by molar-refractivity contribution is 0.0935. The Morgan fingerprint density at radius 2 is 2.32 bits per heavy atom. The Balaban J connectivity index is 2.12. The molecule has 0 spiro atoms. The van der Waals surface area contributed by atoms with Gasteiger partial charge in [0.15, 0.2) is 0 Å². The normalized spacial score (nSPS) is 11.9. The number of aromatic hydroxyl groups is 1. The molecular weight excluding hydrogens is 248 g/mol. The van der Waals surface area contributed by atoms with Crippen LogP contribution in [-0.4, -0.2) is 33.3 Å². The number of nitrogens with one attached hydrogen (secondary N) is 2. The Hall–Kier alpha value is -2.57. The van der Waals surface area contributed by atoms with Crippen molar-refractivity contribution in [3.63, 3.8) is 0 Å². The molecule has 0 bridgehead atoms. The second-order valence-corrected chi connectivity index (χ2v) is 3.95. The highest BCUT2D eigenvalue weighted by atomic mass is 16.5. The van der Waals surface area contributed by atoms with E-state index in [4.69, 9.17) is 4.74 Å². The minimum Gasteiger partial charge on any atom is -0.507 e. The average molecular weight is 262 g/mol. The summed E-state index contributed by atoms with van der Waals surface area (Å²) in [4.78, 5) is 15.9. The second kappa shape index (κ2) is 5.38. The highest BCUT2D eigenvalue weighted by Crippen LogP contribution is 2.23. The first-order chi connectivity index (χ1) is 9.11. The van der Waals surface area contributed by atoms with Crippen molar-refractivity contribution in [1.82, 2.24) is 20.5 Å². The van der Waals surface area contributed by atoms with Crippen molar-refractivity contribution in [2.75, 3.05) is 7.11 Å². The topological polar surface area (TPSA) is 100 Å². The summed E-state index contributed by atoms with van der Waals surface area (Å²) < 4.78 is 4.95. The molecule has 0 radical (unpaired) electrons. The number of phenols is 1. The van der Waals surface area contributed by atoms with Crippen LogP contribution in [0.2, 0.25) is 0 Å². The molecule has 7 nitrogen and oxygen atoms in total. The number of carbonyl (C=O) groups excluding carboxylic acids is 1. The van der Waals surface area contributed by atoms with E-state index in [0.717, 1.165) is 0 Å². The monoisotopic (exact) mass is 262 g/mol. The molecule has 0 aliphatic heterocycles. The summed E-state index contributed by atoms with van der Waals surface area (Å²) in [6.45, 7) is 1.76. The smallest absolute Gasteiger partial charge is 0.255 e. The quantitative estimate of drug-likeness (QED) is 0.763. The van der Waals surface area contributed by atoms with E-state index >= 15 is 0 Å². The summed E-state index contributed by atoms with van der Waals surface area (Å²) in [6.07, 6.45) is 1.36.